The van der Waals surface area contributed by atoms with Gasteiger partial charge in [0, 0.05) is 6.61 Å². The number of rotatable bonds is 16. The molecule has 1 N–H and O–H groups in total. The van der Waals surface area contributed by atoms with Crippen molar-refractivity contribution >= 4 is 8.32 Å². The van der Waals surface area contributed by atoms with Crippen molar-refractivity contribution < 1.29 is 23.7 Å². The number of benzene rings is 3. The Morgan fingerprint density at radius 3 is 1.46 bits per heavy atom. The fraction of sp³-hybridized carbons (Fsp3) is 0.455. The molecule has 0 spiro atoms. The Balaban J connectivity index is 1.81. The van der Waals surface area contributed by atoms with Crippen molar-refractivity contribution in [3.63, 3.8) is 0 Å². The number of ether oxygens (including phenoxy) is 3. The monoisotopic (exact) mass is 550 g/mol. The van der Waals surface area contributed by atoms with Crippen LogP contribution in [0.2, 0.25) is 18.1 Å². The smallest absolute Gasteiger partial charge is 0.191 e. The van der Waals surface area contributed by atoms with Gasteiger partial charge >= 0.3 is 0 Å². The van der Waals surface area contributed by atoms with Crippen LogP contribution in [0, 0.1) is 0 Å². The third-order valence-corrected chi connectivity index (χ3v) is 12.0. The summed E-state index contributed by atoms with van der Waals surface area (Å²) in [6, 6.07) is 30.2. The van der Waals surface area contributed by atoms with Crippen LogP contribution in [0.3, 0.4) is 0 Å². The van der Waals surface area contributed by atoms with Crippen molar-refractivity contribution in [2.24, 2.45) is 0 Å². The number of hydrogen-bond acceptors (Lipinski definition) is 5. The van der Waals surface area contributed by atoms with Gasteiger partial charge in [-0.25, -0.2) is 0 Å². The van der Waals surface area contributed by atoms with Crippen LogP contribution in [0.1, 0.15) is 43.9 Å². The molecule has 5 nitrogen and oxygen atoms in total. The molecule has 0 heterocycles. The van der Waals surface area contributed by atoms with E-state index in [2.05, 4.69) is 46.0 Å². The van der Waals surface area contributed by atoms with E-state index in [1.54, 1.807) is 0 Å². The molecule has 0 saturated heterocycles. The lowest BCUT2D eigenvalue weighted by molar-refractivity contribution is -0.164. The van der Waals surface area contributed by atoms with Crippen LogP contribution in [0.15, 0.2) is 91.0 Å². The fourth-order valence-corrected chi connectivity index (χ4v) is 5.08. The first kappa shape index (κ1) is 31.2. The van der Waals surface area contributed by atoms with E-state index in [9.17, 15) is 5.11 Å². The van der Waals surface area contributed by atoms with Crippen molar-refractivity contribution in [3.05, 3.63) is 108 Å². The van der Waals surface area contributed by atoms with Gasteiger partial charge in [0.1, 0.15) is 12.2 Å². The van der Waals surface area contributed by atoms with Crippen molar-refractivity contribution in [2.45, 2.75) is 83.5 Å². The first-order chi connectivity index (χ1) is 18.7. The summed E-state index contributed by atoms with van der Waals surface area (Å²) >= 11 is 0. The molecule has 3 aromatic rings. The highest BCUT2D eigenvalue weighted by atomic mass is 28.4. The molecular formula is C33H46O5Si. The lowest BCUT2D eigenvalue weighted by atomic mass is 10.0. The summed E-state index contributed by atoms with van der Waals surface area (Å²) in [5, 5.41) is 10.6. The van der Waals surface area contributed by atoms with Gasteiger partial charge in [0.05, 0.1) is 32.5 Å². The van der Waals surface area contributed by atoms with E-state index in [1.165, 1.54) is 0 Å². The molecule has 212 valence electrons. The van der Waals surface area contributed by atoms with Crippen LogP contribution < -0.4 is 0 Å². The largest absolute Gasteiger partial charge is 0.417 e. The summed E-state index contributed by atoms with van der Waals surface area (Å²) in [6.07, 6.45) is -0.774. The zero-order valence-corrected chi connectivity index (χ0v) is 25.2. The molecule has 6 heteroatoms. The summed E-state index contributed by atoms with van der Waals surface area (Å²) in [5.74, 6) is 0. The Labute approximate surface area is 236 Å². The third kappa shape index (κ3) is 10.3. The highest BCUT2D eigenvalue weighted by Gasteiger charge is 2.38. The van der Waals surface area contributed by atoms with Crippen LogP contribution in [0.4, 0.5) is 0 Å². The maximum Gasteiger partial charge on any atom is 0.191 e. The molecule has 0 aliphatic carbocycles. The molecule has 0 unspecified atom stereocenters. The standard InChI is InChI=1S/C33H46O5Si/c1-33(2,3)39(4,5)38-22-21-30(35-24-27-15-9-6-10-16-27)32(37-26-29-19-13-8-14-20-29)31(23-34)36-25-28-17-11-7-12-18-28/h6-20,30-32,34H,21-26H2,1-5H3/t30-,31-,32+/m1/s1. The maximum absolute atomic E-state index is 10.5. The lowest BCUT2D eigenvalue weighted by Crippen LogP contribution is -2.46. The Kier molecular flexibility index (Phi) is 12.4. The van der Waals surface area contributed by atoms with Gasteiger partial charge < -0.3 is 23.7 Å². The first-order valence-corrected chi connectivity index (χ1v) is 16.8. The van der Waals surface area contributed by atoms with Crippen molar-refractivity contribution in [1.82, 2.24) is 0 Å². The Morgan fingerprint density at radius 1 is 0.641 bits per heavy atom. The molecule has 0 radical (unpaired) electrons. The van der Waals surface area contributed by atoms with E-state index in [-0.39, 0.29) is 17.7 Å². The van der Waals surface area contributed by atoms with Crippen LogP contribution >= 0.6 is 0 Å². The zero-order chi connectivity index (χ0) is 28.1. The fourth-order valence-electron chi connectivity index (χ4n) is 4.02. The molecule has 3 atom stereocenters. The molecule has 0 aliphatic heterocycles. The zero-order valence-electron chi connectivity index (χ0n) is 24.2. The summed E-state index contributed by atoms with van der Waals surface area (Å²) < 4.78 is 25.9. The molecule has 0 amide bonds. The Hall–Kier alpha value is -2.32. The Bertz CT molecular complexity index is 1050. The Morgan fingerprint density at radius 2 is 1.05 bits per heavy atom. The van der Waals surface area contributed by atoms with Gasteiger partial charge in [0.2, 0.25) is 0 Å². The highest BCUT2D eigenvalue weighted by molar-refractivity contribution is 6.74. The minimum absolute atomic E-state index is 0.114. The van der Waals surface area contributed by atoms with E-state index >= 15 is 0 Å². The quantitative estimate of drug-likeness (QED) is 0.192. The van der Waals surface area contributed by atoms with Crippen molar-refractivity contribution in [3.8, 4) is 0 Å². The predicted octanol–water partition coefficient (Wildman–Crippen LogP) is 7.15. The minimum atomic E-state index is -1.94. The lowest BCUT2D eigenvalue weighted by Gasteiger charge is -2.37. The number of aliphatic hydroxyl groups is 1. The average Bonchev–Trinajstić information content (AvgIpc) is 2.93. The van der Waals surface area contributed by atoms with Crippen LogP contribution in [0.25, 0.3) is 0 Å². The van der Waals surface area contributed by atoms with Gasteiger partial charge in [0.25, 0.3) is 0 Å². The molecule has 0 fully saturated rings. The van der Waals surface area contributed by atoms with Gasteiger partial charge in [-0.05, 0) is 41.2 Å². The van der Waals surface area contributed by atoms with Gasteiger partial charge in [0.15, 0.2) is 8.32 Å². The molecule has 0 aromatic heterocycles. The van der Waals surface area contributed by atoms with Gasteiger partial charge in [-0.1, -0.05) is 112 Å². The normalized spacial score (nSPS) is 14.6. The topological polar surface area (TPSA) is 57.2 Å². The molecule has 0 saturated carbocycles. The highest BCUT2D eigenvalue weighted by Crippen LogP contribution is 2.36. The van der Waals surface area contributed by atoms with Crippen LogP contribution in [-0.4, -0.2) is 44.9 Å². The predicted molar refractivity (Wildman–Crippen MR) is 160 cm³/mol. The van der Waals surface area contributed by atoms with Crippen LogP contribution in [0.5, 0.6) is 0 Å². The summed E-state index contributed by atoms with van der Waals surface area (Å²) in [5.41, 5.74) is 3.18. The average molecular weight is 551 g/mol. The van der Waals surface area contributed by atoms with E-state index in [0.717, 1.165) is 16.7 Å². The number of hydrogen-bond donors (Lipinski definition) is 1. The molecule has 3 rings (SSSR count). The van der Waals surface area contributed by atoms with E-state index in [0.29, 0.717) is 32.8 Å². The van der Waals surface area contributed by atoms with E-state index in [1.807, 2.05) is 78.9 Å². The second-order valence-electron chi connectivity index (χ2n) is 11.5. The van der Waals surface area contributed by atoms with Crippen molar-refractivity contribution in [1.29, 1.82) is 0 Å². The third-order valence-electron chi connectivity index (χ3n) is 7.48. The molecule has 3 aromatic carbocycles. The van der Waals surface area contributed by atoms with Crippen LogP contribution in [-0.2, 0) is 38.5 Å². The SMILES string of the molecule is CC(C)(C)[Si](C)(C)OCC[C@@H](OCc1ccccc1)[C@H](OCc1ccccc1)[C@@H](CO)OCc1ccccc1. The van der Waals surface area contributed by atoms with Gasteiger partial charge in [-0.15, -0.1) is 0 Å². The summed E-state index contributed by atoms with van der Waals surface area (Å²) in [4.78, 5) is 0. The van der Waals surface area contributed by atoms with E-state index in [4.69, 9.17) is 18.6 Å². The second kappa shape index (κ2) is 15.5. The number of aliphatic hydroxyl groups excluding tert-OH is 1. The molecule has 39 heavy (non-hydrogen) atoms. The van der Waals surface area contributed by atoms with Crippen molar-refractivity contribution in [2.75, 3.05) is 13.2 Å². The summed E-state index contributed by atoms with van der Waals surface area (Å²) in [6.45, 7) is 12.8. The van der Waals surface area contributed by atoms with E-state index < -0.39 is 20.5 Å². The van der Waals surface area contributed by atoms with Gasteiger partial charge in [-0.3, -0.25) is 0 Å². The molecular weight excluding hydrogens is 504 g/mol. The summed E-state index contributed by atoms with van der Waals surface area (Å²) in [7, 11) is -1.94. The minimum Gasteiger partial charge on any atom is -0.417 e. The molecule has 0 bridgehead atoms. The van der Waals surface area contributed by atoms with Gasteiger partial charge in [-0.2, -0.15) is 0 Å². The second-order valence-corrected chi connectivity index (χ2v) is 16.3. The first-order valence-electron chi connectivity index (χ1n) is 13.9. The maximum atomic E-state index is 10.5. The molecule has 0 aliphatic rings.